The molecule has 0 bridgehead atoms. The van der Waals surface area contributed by atoms with Crippen LogP contribution in [-0.4, -0.2) is 11.7 Å². The second-order valence-electron chi connectivity index (χ2n) is 7.99. The van der Waals surface area contributed by atoms with E-state index in [4.69, 9.17) is 0 Å². The van der Waals surface area contributed by atoms with Crippen molar-refractivity contribution < 1.29 is 9.59 Å². The SMILES string of the molecule is CCCCC(=O)N1c2ccccc2NC2=C(C(=O)CCC2)[C@@H]1c1ccc(C)cc1. The molecule has 0 aromatic heterocycles. The summed E-state index contributed by atoms with van der Waals surface area (Å²) >= 11 is 0. The van der Waals surface area contributed by atoms with E-state index in [1.54, 1.807) is 0 Å². The molecule has 4 rings (SSSR count). The molecule has 150 valence electrons. The van der Waals surface area contributed by atoms with Gasteiger partial charge in [0.25, 0.3) is 0 Å². The lowest BCUT2D eigenvalue weighted by Gasteiger charge is -2.34. The van der Waals surface area contributed by atoms with Crippen molar-refractivity contribution in [2.75, 3.05) is 10.2 Å². The molecule has 4 nitrogen and oxygen atoms in total. The zero-order valence-corrected chi connectivity index (χ0v) is 17.2. The number of rotatable bonds is 4. The first-order valence-corrected chi connectivity index (χ1v) is 10.6. The Hall–Kier alpha value is -2.88. The lowest BCUT2D eigenvalue weighted by atomic mass is 9.85. The summed E-state index contributed by atoms with van der Waals surface area (Å²) in [5, 5.41) is 3.51. The normalized spacial score (nSPS) is 18.6. The summed E-state index contributed by atoms with van der Waals surface area (Å²) in [5.74, 6) is 0.212. The molecule has 2 aliphatic rings. The third-order valence-corrected chi connectivity index (χ3v) is 5.84. The van der Waals surface area contributed by atoms with Gasteiger partial charge in [0.2, 0.25) is 5.91 Å². The lowest BCUT2D eigenvalue weighted by molar-refractivity contribution is -0.119. The summed E-state index contributed by atoms with van der Waals surface area (Å²) in [5.41, 5.74) is 5.61. The van der Waals surface area contributed by atoms with Gasteiger partial charge in [-0.3, -0.25) is 14.5 Å². The zero-order chi connectivity index (χ0) is 20.4. The maximum absolute atomic E-state index is 13.5. The molecule has 1 heterocycles. The highest BCUT2D eigenvalue weighted by Gasteiger charge is 2.39. The van der Waals surface area contributed by atoms with Gasteiger partial charge in [0.05, 0.1) is 17.4 Å². The number of Topliss-reactive ketones (excluding diaryl/α,β-unsaturated/α-hetero) is 1. The summed E-state index contributed by atoms with van der Waals surface area (Å²) in [4.78, 5) is 28.5. The molecule has 0 fully saturated rings. The van der Waals surface area contributed by atoms with E-state index in [0.29, 0.717) is 12.8 Å². The number of para-hydroxylation sites is 2. The van der Waals surface area contributed by atoms with Gasteiger partial charge in [-0.25, -0.2) is 0 Å². The maximum Gasteiger partial charge on any atom is 0.227 e. The van der Waals surface area contributed by atoms with Gasteiger partial charge in [-0.05, 0) is 43.9 Å². The first-order chi connectivity index (χ1) is 14.1. The molecular weight excluding hydrogens is 360 g/mol. The second kappa shape index (κ2) is 8.24. The highest BCUT2D eigenvalue weighted by molar-refractivity contribution is 6.06. The Morgan fingerprint density at radius 1 is 1.10 bits per heavy atom. The van der Waals surface area contributed by atoms with Crippen molar-refractivity contribution in [3.8, 4) is 0 Å². The number of nitrogens with zero attached hydrogens (tertiary/aromatic N) is 1. The van der Waals surface area contributed by atoms with Gasteiger partial charge in [-0.15, -0.1) is 0 Å². The summed E-state index contributed by atoms with van der Waals surface area (Å²) < 4.78 is 0. The third-order valence-electron chi connectivity index (χ3n) is 5.84. The van der Waals surface area contributed by atoms with Crippen molar-refractivity contribution in [1.29, 1.82) is 0 Å². The van der Waals surface area contributed by atoms with Gasteiger partial charge >= 0.3 is 0 Å². The quantitative estimate of drug-likeness (QED) is 0.732. The number of ketones is 1. The molecular formula is C25H28N2O2. The fourth-order valence-corrected chi connectivity index (χ4v) is 4.32. The van der Waals surface area contributed by atoms with E-state index in [1.165, 1.54) is 0 Å². The lowest BCUT2D eigenvalue weighted by Crippen LogP contribution is -2.37. The Morgan fingerprint density at radius 2 is 1.86 bits per heavy atom. The average Bonchev–Trinajstić information content (AvgIpc) is 2.87. The van der Waals surface area contributed by atoms with Crippen molar-refractivity contribution in [2.24, 2.45) is 0 Å². The molecule has 0 saturated heterocycles. The standard InChI is InChI=1S/C25H28N2O2/c1-3-4-12-23(29)27-21-10-6-5-8-19(21)26-20-9-7-11-22(28)24(20)25(27)18-15-13-17(2)14-16-18/h5-6,8,10,13-16,25-26H,3-4,7,9,11-12H2,1-2H3/t25-/m0/s1. The molecule has 1 aliphatic carbocycles. The Bertz CT molecular complexity index is 959. The van der Waals surface area contributed by atoms with Crippen LogP contribution in [0.15, 0.2) is 59.8 Å². The van der Waals surface area contributed by atoms with Crippen LogP contribution >= 0.6 is 0 Å². The van der Waals surface area contributed by atoms with Gasteiger partial charge in [0.15, 0.2) is 5.78 Å². The average molecular weight is 389 g/mol. The minimum atomic E-state index is -0.390. The van der Waals surface area contributed by atoms with Crippen molar-refractivity contribution >= 4 is 23.1 Å². The molecule has 1 aliphatic heterocycles. The summed E-state index contributed by atoms with van der Waals surface area (Å²) in [6.45, 7) is 4.14. The highest BCUT2D eigenvalue weighted by Crippen LogP contribution is 2.45. The molecule has 0 spiro atoms. The largest absolute Gasteiger partial charge is 0.357 e. The van der Waals surface area contributed by atoms with E-state index < -0.39 is 0 Å². The number of fused-ring (bicyclic) bond motifs is 1. The van der Waals surface area contributed by atoms with Crippen LogP contribution in [0.3, 0.4) is 0 Å². The van der Waals surface area contributed by atoms with Gasteiger partial charge in [-0.2, -0.15) is 0 Å². The number of nitrogens with one attached hydrogen (secondary N) is 1. The fraction of sp³-hybridized carbons (Fsp3) is 0.360. The van der Waals surface area contributed by atoms with Gasteiger partial charge < -0.3 is 5.32 Å². The Morgan fingerprint density at radius 3 is 2.62 bits per heavy atom. The first kappa shape index (κ1) is 19.4. The van der Waals surface area contributed by atoms with Crippen LogP contribution in [0.25, 0.3) is 0 Å². The van der Waals surface area contributed by atoms with Crippen molar-refractivity contribution in [3.05, 3.63) is 70.9 Å². The van der Waals surface area contributed by atoms with Crippen LogP contribution in [0.4, 0.5) is 11.4 Å². The number of anilines is 2. The Balaban J connectivity index is 1.94. The molecule has 29 heavy (non-hydrogen) atoms. The number of hydrogen-bond donors (Lipinski definition) is 1. The van der Waals surface area contributed by atoms with E-state index in [1.807, 2.05) is 36.1 Å². The van der Waals surface area contributed by atoms with Crippen LogP contribution in [0.1, 0.15) is 62.6 Å². The molecule has 0 saturated carbocycles. The molecule has 2 aromatic carbocycles. The van der Waals surface area contributed by atoms with Crippen molar-refractivity contribution in [3.63, 3.8) is 0 Å². The van der Waals surface area contributed by atoms with Gasteiger partial charge in [0, 0.05) is 24.1 Å². The predicted molar refractivity (Wildman–Crippen MR) is 117 cm³/mol. The smallest absolute Gasteiger partial charge is 0.227 e. The minimum Gasteiger partial charge on any atom is -0.357 e. The van der Waals surface area contributed by atoms with Crippen LogP contribution in [0, 0.1) is 6.92 Å². The molecule has 0 unspecified atom stereocenters. The Labute approximate surface area is 172 Å². The van der Waals surface area contributed by atoms with Crippen LogP contribution in [0.5, 0.6) is 0 Å². The number of amides is 1. The number of unbranched alkanes of at least 4 members (excludes halogenated alkanes) is 1. The van der Waals surface area contributed by atoms with E-state index >= 15 is 0 Å². The van der Waals surface area contributed by atoms with Gasteiger partial charge in [-0.1, -0.05) is 55.3 Å². The molecule has 0 radical (unpaired) electrons. The predicted octanol–water partition coefficient (Wildman–Crippen LogP) is 5.69. The fourth-order valence-electron chi connectivity index (χ4n) is 4.32. The zero-order valence-electron chi connectivity index (χ0n) is 17.2. The topological polar surface area (TPSA) is 49.4 Å². The summed E-state index contributed by atoms with van der Waals surface area (Å²) in [6, 6.07) is 15.7. The van der Waals surface area contributed by atoms with Crippen molar-refractivity contribution in [1.82, 2.24) is 0 Å². The van der Waals surface area contributed by atoms with Gasteiger partial charge in [0.1, 0.15) is 0 Å². The monoisotopic (exact) mass is 388 g/mol. The van der Waals surface area contributed by atoms with E-state index in [0.717, 1.165) is 59.5 Å². The highest BCUT2D eigenvalue weighted by atomic mass is 16.2. The number of aryl methyl sites for hydroxylation is 1. The summed E-state index contributed by atoms with van der Waals surface area (Å²) in [6.07, 6.45) is 4.49. The van der Waals surface area contributed by atoms with Crippen LogP contribution < -0.4 is 10.2 Å². The number of allylic oxidation sites excluding steroid dienone is 1. The number of carbonyl (C=O) groups is 2. The minimum absolute atomic E-state index is 0.0683. The number of benzene rings is 2. The van der Waals surface area contributed by atoms with E-state index in [-0.39, 0.29) is 17.7 Å². The third kappa shape index (κ3) is 3.71. The first-order valence-electron chi connectivity index (χ1n) is 10.6. The van der Waals surface area contributed by atoms with Crippen LogP contribution in [-0.2, 0) is 9.59 Å². The second-order valence-corrected chi connectivity index (χ2v) is 7.99. The molecule has 1 atom stereocenters. The molecule has 1 amide bonds. The number of carbonyl (C=O) groups excluding carboxylic acids is 2. The summed E-state index contributed by atoms with van der Waals surface area (Å²) in [7, 11) is 0. The molecule has 1 N–H and O–H groups in total. The van der Waals surface area contributed by atoms with Crippen LogP contribution in [0.2, 0.25) is 0 Å². The van der Waals surface area contributed by atoms with E-state index in [9.17, 15) is 9.59 Å². The Kier molecular flexibility index (Phi) is 5.52. The van der Waals surface area contributed by atoms with Crippen molar-refractivity contribution in [2.45, 2.75) is 58.4 Å². The van der Waals surface area contributed by atoms with E-state index in [2.05, 4.69) is 36.5 Å². The molecule has 4 heteroatoms. The molecule has 2 aromatic rings. The number of hydrogen-bond acceptors (Lipinski definition) is 3. The maximum atomic E-state index is 13.5.